The summed E-state index contributed by atoms with van der Waals surface area (Å²) in [4.78, 5) is 12.6. The topological polar surface area (TPSA) is 66.5 Å². The van der Waals surface area contributed by atoms with E-state index >= 15 is 0 Å². The van der Waals surface area contributed by atoms with Gasteiger partial charge in [-0.15, -0.1) is 0 Å². The number of carbonyl (C=O) groups excluding carboxylic acids is 1. The van der Waals surface area contributed by atoms with Crippen LogP contribution in [0.5, 0.6) is 0 Å². The largest absolute Gasteiger partial charge is 0.322 e. The second-order valence-corrected chi connectivity index (χ2v) is 8.04. The van der Waals surface area contributed by atoms with Crippen LogP contribution in [0.25, 0.3) is 0 Å². The molecule has 2 aromatic rings. The van der Waals surface area contributed by atoms with E-state index in [-0.39, 0.29) is 17.9 Å². The maximum Gasteiger partial charge on any atom is 0.243 e. The fraction of sp³-hybridized carbons (Fsp3) is 0.278. The summed E-state index contributed by atoms with van der Waals surface area (Å²) in [5, 5.41) is 2.17. The van der Waals surface area contributed by atoms with Crippen LogP contribution in [0.3, 0.4) is 0 Å². The lowest BCUT2D eigenvalue weighted by Gasteiger charge is -2.33. The number of halogens is 3. The van der Waals surface area contributed by atoms with Gasteiger partial charge in [0.2, 0.25) is 15.9 Å². The van der Waals surface area contributed by atoms with Crippen LogP contribution >= 0.6 is 0 Å². The Bertz CT molecular complexity index is 952. The fourth-order valence-corrected chi connectivity index (χ4v) is 4.70. The molecule has 0 bridgehead atoms. The fourth-order valence-electron chi connectivity index (χ4n) is 3.02. The van der Waals surface area contributed by atoms with Crippen LogP contribution in [0.4, 0.5) is 18.9 Å². The molecule has 1 atom stereocenters. The molecular formula is C18H17F3N2O3S. The molecule has 5 nitrogen and oxygen atoms in total. The molecule has 1 aliphatic rings. The van der Waals surface area contributed by atoms with E-state index in [9.17, 15) is 26.4 Å². The minimum absolute atomic E-state index is 0.0451. The first-order valence-corrected chi connectivity index (χ1v) is 9.77. The smallest absolute Gasteiger partial charge is 0.243 e. The molecule has 1 N–H and O–H groups in total. The van der Waals surface area contributed by atoms with Gasteiger partial charge in [0.25, 0.3) is 0 Å². The third-order valence-corrected chi connectivity index (χ3v) is 6.32. The highest BCUT2D eigenvalue weighted by Crippen LogP contribution is 2.27. The normalized spacial score (nSPS) is 18.3. The first-order chi connectivity index (χ1) is 12.8. The van der Waals surface area contributed by atoms with Crippen LogP contribution in [0.15, 0.2) is 47.4 Å². The quantitative estimate of drug-likeness (QED) is 0.804. The highest BCUT2D eigenvalue weighted by Gasteiger charge is 2.37. The number of nitrogens with one attached hydrogen (secondary N) is 1. The molecule has 0 radical (unpaired) electrons. The average molecular weight is 398 g/mol. The Kier molecular flexibility index (Phi) is 5.52. The van der Waals surface area contributed by atoms with Gasteiger partial charge in [-0.1, -0.05) is 24.6 Å². The molecule has 0 saturated carbocycles. The summed E-state index contributed by atoms with van der Waals surface area (Å²) in [5.41, 5.74) is -0.540. The van der Waals surface area contributed by atoms with Gasteiger partial charge in [0.15, 0.2) is 17.5 Å². The number of amides is 1. The summed E-state index contributed by atoms with van der Waals surface area (Å²) in [6, 6.07) is 8.17. The number of benzene rings is 2. The lowest BCUT2D eigenvalue weighted by Crippen LogP contribution is -2.49. The first-order valence-electron chi connectivity index (χ1n) is 8.33. The number of rotatable bonds is 4. The predicted molar refractivity (Wildman–Crippen MR) is 92.9 cm³/mol. The molecule has 27 heavy (non-hydrogen) atoms. The van der Waals surface area contributed by atoms with Crippen molar-refractivity contribution in [1.29, 1.82) is 0 Å². The monoisotopic (exact) mass is 398 g/mol. The summed E-state index contributed by atoms with van der Waals surface area (Å²) < 4.78 is 67.1. The second kappa shape index (κ2) is 7.69. The third-order valence-electron chi connectivity index (χ3n) is 4.40. The SMILES string of the molecule is O=C(Nc1ccc(F)c(F)c1F)C1CCCCN1S(=O)(=O)c1ccccc1. The molecule has 144 valence electrons. The highest BCUT2D eigenvalue weighted by molar-refractivity contribution is 7.89. The number of hydrogen-bond acceptors (Lipinski definition) is 3. The van der Waals surface area contributed by atoms with E-state index in [0.717, 1.165) is 10.4 Å². The van der Waals surface area contributed by atoms with Gasteiger partial charge in [-0.3, -0.25) is 4.79 Å². The van der Waals surface area contributed by atoms with E-state index in [1.807, 2.05) is 0 Å². The number of nitrogens with zero attached hydrogens (tertiary/aromatic N) is 1. The van der Waals surface area contributed by atoms with Gasteiger partial charge in [0, 0.05) is 6.54 Å². The number of carbonyl (C=O) groups is 1. The maximum absolute atomic E-state index is 13.8. The molecule has 1 amide bonds. The van der Waals surface area contributed by atoms with Crippen molar-refractivity contribution in [3.63, 3.8) is 0 Å². The van der Waals surface area contributed by atoms with Gasteiger partial charge in [0.1, 0.15) is 6.04 Å². The molecule has 2 aromatic carbocycles. The number of sulfonamides is 1. The van der Waals surface area contributed by atoms with E-state index in [1.165, 1.54) is 12.1 Å². The minimum atomic E-state index is -3.93. The molecule has 1 saturated heterocycles. The molecular weight excluding hydrogens is 381 g/mol. The summed E-state index contributed by atoms with van der Waals surface area (Å²) in [7, 11) is -3.93. The Balaban J connectivity index is 1.88. The van der Waals surface area contributed by atoms with Crippen molar-refractivity contribution >= 4 is 21.6 Å². The van der Waals surface area contributed by atoms with Crippen LogP contribution in [0, 0.1) is 17.5 Å². The van der Waals surface area contributed by atoms with Gasteiger partial charge in [-0.2, -0.15) is 4.31 Å². The first kappa shape index (κ1) is 19.4. The molecule has 1 aliphatic heterocycles. The molecule has 1 heterocycles. The van der Waals surface area contributed by atoms with Crippen molar-refractivity contribution < 1.29 is 26.4 Å². The Labute approximate surface area is 154 Å². The molecule has 1 unspecified atom stereocenters. The van der Waals surface area contributed by atoms with Crippen molar-refractivity contribution in [2.24, 2.45) is 0 Å². The summed E-state index contributed by atoms with van der Waals surface area (Å²) in [6.45, 7) is 0.134. The van der Waals surface area contributed by atoms with Gasteiger partial charge in [-0.05, 0) is 37.1 Å². The number of piperidine rings is 1. The Morgan fingerprint density at radius 3 is 2.41 bits per heavy atom. The van der Waals surface area contributed by atoms with Crippen molar-refractivity contribution in [2.45, 2.75) is 30.2 Å². The number of hydrogen-bond donors (Lipinski definition) is 1. The van der Waals surface area contributed by atoms with E-state index in [4.69, 9.17) is 0 Å². The van der Waals surface area contributed by atoms with Crippen molar-refractivity contribution in [2.75, 3.05) is 11.9 Å². The van der Waals surface area contributed by atoms with Crippen molar-refractivity contribution in [3.05, 3.63) is 59.9 Å². The van der Waals surface area contributed by atoms with Gasteiger partial charge in [0.05, 0.1) is 10.6 Å². The maximum atomic E-state index is 13.8. The van der Waals surface area contributed by atoms with Crippen LogP contribution in [0.2, 0.25) is 0 Å². The summed E-state index contributed by atoms with van der Waals surface area (Å²) >= 11 is 0. The van der Waals surface area contributed by atoms with Crippen LogP contribution in [-0.4, -0.2) is 31.2 Å². The highest BCUT2D eigenvalue weighted by atomic mass is 32.2. The van der Waals surface area contributed by atoms with Gasteiger partial charge >= 0.3 is 0 Å². The lowest BCUT2D eigenvalue weighted by molar-refractivity contribution is -0.120. The molecule has 9 heteroatoms. The molecule has 1 fully saturated rings. The van der Waals surface area contributed by atoms with E-state index in [1.54, 1.807) is 18.2 Å². The Morgan fingerprint density at radius 1 is 1.00 bits per heavy atom. The standard InChI is InChI=1S/C18H17F3N2O3S/c19-13-9-10-14(17(21)16(13)20)22-18(24)15-8-4-5-11-23(15)27(25,26)12-6-2-1-3-7-12/h1-3,6-7,9-10,15H,4-5,8,11H2,(H,22,24). The third kappa shape index (κ3) is 3.84. The van der Waals surface area contributed by atoms with Crippen LogP contribution < -0.4 is 5.32 Å². The molecule has 0 aliphatic carbocycles. The van der Waals surface area contributed by atoms with Gasteiger partial charge in [-0.25, -0.2) is 21.6 Å². The molecule has 0 spiro atoms. The zero-order valence-corrected chi connectivity index (χ0v) is 15.0. The van der Waals surface area contributed by atoms with E-state index in [0.29, 0.717) is 18.9 Å². The summed E-state index contributed by atoms with van der Waals surface area (Å²) in [6.07, 6.45) is 1.43. The predicted octanol–water partition coefficient (Wildman–Crippen LogP) is 3.29. The van der Waals surface area contributed by atoms with Crippen molar-refractivity contribution in [1.82, 2.24) is 4.31 Å². The molecule has 0 aromatic heterocycles. The lowest BCUT2D eigenvalue weighted by atomic mass is 10.0. The minimum Gasteiger partial charge on any atom is -0.322 e. The Morgan fingerprint density at radius 2 is 1.70 bits per heavy atom. The van der Waals surface area contributed by atoms with Gasteiger partial charge < -0.3 is 5.32 Å². The van der Waals surface area contributed by atoms with E-state index < -0.39 is 45.1 Å². The number of anilines is 1. The van der Waals surface area contributed by atoms with Crippen LogP contribution in [0.1, 0.15) is 19.3 Å². The Hall–Kier alpha value is -2.39. The average Bonchev–Trinajstić information content (AvgIpc) is 2.69. The van der Waals surface area contributed by atoms with Crippen molar-refractivity contribution in [3.8, 4) is 0 Å². The second-order valence-electron chi connectivity index (χ2n) is 6.15. The molecule has 3 rings (SSSR count). The summed E-state index contributed by atoms with van der Waals surface area (Å²) in [5.74, 6) is -5.41. The van der Waals surface area contributed by atoms with E-state index in [2.05, 4.69) is 5.32 Å². The van der Waals surface area contributed by atoms with Crippen LogP contribution in [-0.2, 0) is 14.8 Å². The zero-order valence-electron chi connectivity index (χ0n) is 14.2. The zero-order chi connectivity index (χ0) is 19.6.